The van der Waals surface area contributed by atoms with E-state index in [9.17, 15) is 8.42 Å². The van der Waals surface area contributed by atoms with Crippen molar-refractivity contribution in [2.45, 2.75) is 25.4 Å². The Bertz CT molecular complexity index is 1190. The average Bonchev–Trinajstić information content (AvgIpc) is 3.09. The largest absolute Gasteiger partial charge is 0.282 e. The molecule has 1 aliphatic heterocycles. The Morgan fingerprint density at radius 2 is 1.63 bits per heavy atom. The highest BCUT2D eigenvalue weighted by Crippen LogP contribution is 2.19. The van der Waals surface area contributed by atoms with Gasteiger partial charge in [-0.05, 0) is 49.8 Å². The van der Waals surface area contributed by atoms with E-state index in [2.05, 4.69) is 10.00 Å². The van der Waals surface area contributed by atoms with Crippen LogP contribution in [0.25, 0.3) is 5.69 Å². The second-order valence-corrected chi connectivity index (χ2v) is 9.85. The van der Waals surface area contributed by atoms with Crippen LogP contribution in [0.2, 0.25) is 0 Å². The number of hydrogen-bond acceptors (Lipinski definition) is 5. The maximum Gasteiger partial charge on any atom is 0.243 e. The molecule has 3 aromatic rings. The molecule has 9 heteroatoms. The lowest BCUT2D eigenvalue weighted by molar-refractivity contribution is 0.144. The minimum absolute atomic E-state index is 0.348. The van der Waals surface area contributed by atoms with Crippen LogP contribution < -0.4 is 0 Å². The molecule has 0 N–H and O–H groups in total. The van der Waals surface area contributed by atoms with E-state index in [0.29, 0.717) is 42.5 Å². The summed E-state index contributed by atoms with van der Waals surface area (Å²) in [7, 11) is -3.46. The van der Waals surface area contributed by atoms with Gasteiger partial charge in [0.15, 0.2) is 0 Å². The maximum atomic E-state index is 12.9. The smallest absolute Gasteiger partial charge is 0.243 e. The zero-order valence-electron chi connectivity index (χ0n) is 17.1. The highest BCUT2D eigenvalue weighted by Gasteiger charge is 2.28. The van der Waals surface area contributed by atoms with Gasteiger partial charge in [0.05, 0.1) is 17.3 Å². The Labute approximate surface area is 182 Å². The van der Waals surface area contributed by atoms with Crippen LogP contribution in [0.5, 0.6) is 0 Å². The first kappa shape index (κ1) is 20.9. The topological polar surface area (TPSA) is 63.4 Å². The van der Waals surface area contributed by atoms with Crippen LogP contribution in [-0.4, -0.2) is 58.1 Å². The lowest BCUT2D eigenvalue weighted by Gasteiger charge is -2.33. The summed E-state index contributed by atoms with van der Waals surface area (Å²) < 4.78 is 31.6. The summed E-state index contributed by atoms with van der Waals surface area (Å²) in [6.07, 6.45) is 1.74. The van der Waals surface area contributed by atoms with Crippen molar-refractivity contribution in [1.29, 1.82) is 0 Å². The summed E-state index contributed by atoms with van der Waals surface area (Å²) in [5.41, 5.74) is 3.19. The number of benzene rings is 2. The van der Waals surface area contributed by atoms with E-state index in [1.54, 1.807) is 27.4 Å². The van der Waals surface area contributed by atoms with E-state index in [-0.39, 0.29) is 0 Å². The van der Waals surface area contributed by atoms with Gasteiger partial charge in [-0.3, -0.25) is 9.47 Å². The predicted molar refractivity (Wildman–Crippen MR) is 119 cm³/mol. The maximum absolute atomic E-state index is 12.9. The molecule has 7 nitrogen and oxygen atoms in total. The Balaban J connectivity index is 1.43. The molecule has 158 valence electrons. The molecule has 2 aromatic carbocycles. The monoisotopic (exact) mass is 443 g/mol. The highest BCUT2D eigenvalue weighted by atomic mass is 32.2. The lowest BCUT2D eigenvalue weighted by Crippen LogP contribution is -2.48. The van der Waals surface area contributed by atoms with Crippen molar-refractivity contribution >= 4 is 22.2 Å². The van der Waals surface area contributed by atoms with Gasteiger partial charge in [-0.2, -0.15) is 9.40 Å². The number of sulfonamides is 1. The fraction of sp³-hybridized carbons (Fsp3) is 0.333. The molecule has 1 aliphatic rings. The van der Waals surface area contributed by atoms with Gasteiger partial charge >= 0.3 is 0 Å². The second-order valence-electron chi connectivity index (χ2n) is 7.55. The van der Waals surface area contributed by atoms with Crippen LogP contribution in [0.3, 0.4) is 0 Å². The fourth-order valence-electron chi connectivity index (χ4n) is 3.59. The number of hydrogen-bond donors (Lipinski definition) is 0. The molecule has 1 saturated heterocycles. The summed E-state index contributed by atoms with van der Waals surface area (Å²) in [6.45, 7) is 6.68. The number of para-hydroxylation sites is 1. The molecular formula is C21H25N5O2S2. The number of piperazine rings is 1. The third kappa shape index (κ3) is 4.11. The molecule has 1 aromatic heterocycles. The Kier molecular flexibility index (Phi) is 5.88. The quantitative estimate of drug-likeness (QED) is 0.568. The number of aromatic nitrogens is 3. The zero-order valence-corrected chi connectivity index (χ0v) is 18.7. The molecule has 1 fully saturated rings. The molecule has 0 atom stereocenters. The molecular weight excluding hydrogens is 418 g/mol. The van der Waals surface area contributed by atoms with E-state index in [1.807, 2.05) is 54.8 Å². The SMILES string of the molecule is Cc1ccc(S(=O)(=O)N2CCN(Cn3ncn(-c4ccccc4C)c3=S)CC2)cc1. The minimum Gasteiger partial charge on any atom is -0.282 e. The van der Waals surface area contributed by atoms with Crippen LogP contribution in [0, 0.1) is 18.6 Å². The normalized spacial score (nSPS) is 16.1. The van der Waals surface area contributed by atoms with E-state index >= 15 is 0 Å². The molecule has 0 spiro atoms. The van der Waals surface area contributed by atoms with E-state index in [0.717, 1.165) is 16.8 Å². The highest BCUT2D eigenvalue weighted by molar-refractivity contribution is 7.89. The predicted octanol–water partition coefficient (Wildman–Crippen LogP) is 2.98. The van der Waals surface area contributed by atoms with Crippen LogP contribution in [0.15, 0.2) is 59.8 Å². The van der Waals surface area contributed by atoms with Crippen molar-refractivity contribution in [2.75, 3.05) is 26.2 Å². The minimum atomic E-state index is -3.46. The lowest BCUT2D eigenvalue weighted by atomic mass is 10.2. The van der Waals surface area contributed by atoms with Gasteiger partial charge in [-0.25, -0.2) is 13.1 Å². The summed E-state index contributed by atoms with van der Waals surface area (Å²) in [4.78, 5) is 2.52. The summed E-state index contributed by atoms with van der Waals surface area (Å²) >= 11 is 5.62. The molecule has 0 aliphatic carbocycles. The summed E-state index contributed by atoms with van der Waals surface area (Å²) in [5.74, 6) is 0. The van der Waals surface area contributed by atoms with Crippen LogP contribution in [0.4, 0.5) is 0 Å². The number of nitrogens with zero attached hydrogens (tertiary/aromatic N) is 5. The molecule has 30 heavy (non-hydrogen) atoms. The van der Waals surface area contributed by atoms with Gasteiger partial charge in [0.2, 0.25) is 14.8 Å². The van der Waals surface area contributed by atoms with Crippen molar-refractivity contribution in [3.8, 4) is 5.69 Å². The standard InChI is InChI=1S/C21H25N5O2S2/c1-17-7-9-19(10-8-17)30(27,28)24-13-11-23(12-14-24)16-26-21(29)25(15-22-26)20-6-4-3-5-18(20)2/h3-10,15H,11-14,16H2,1-2H3. The van der Waals surface area contributed by atoms with Crippen LogP contribution in [0.1, 0.15) is 11.1 Å². The van der Waals surface area contributed by atoms with Crippen LogP contribution >= 0.6 is 12.2 Å². The van der Waals surface area contributed by atoms with E-state index in [1.165, 1.54) is 0 Å². The number of rotatable bonds is 5. The van der Waals surface area contributed by atoms with Crippen molar-refractivity contribution < 1.29 is 8.42 Å². The van der Waals surface area contributed by atoms with Gasteiger partial charge in [-0.1, -0.05) is 35.9 Å². The molecule has 4 rings (SSSR count). The van der Waals surface area contributed by atoms with Crippen molar-refractivity contribution in [3.05, 3.63) is 70.8 Å². The van der Waals surface area contributed by atoms with Crippen LogP contribution in [-0.2, 0) is 16.7 Å². The first-order valence-electron chi connectivity index (χ1n) is 9.86. The van der Waals surface area contributed by atoms with E-state index in [4.69, 9.17) is 12.2 Å². The van der Waals surface area contributed by atoms with Crippen molar-refractivity contribution in [2.24, 2.45) is 0 Å². The number of aryl methyl sites for hydroxylation is 2. The zero-order chi connectivity index (χ0) is 21.3. The molecule has 0 bridgehead atoms. The Morgan fingerprint density at radius 3 is 2.30 bits per heavy atom. The molecule has 2 heterocycles. The first-order valence-corrected chi connectivity index (χ1v) is 11.7. The molecule has 0 amide bonds. The Morgan fingerprint density at radius 1 is 0.967 bits per heavy atom. The van der Waals surface area contributed by atoms with E-state index < -0.39 is 10.0 Å². The average molecular weight is 444 g/mol. The third-order valence-corrected chi connectivity index (χ3v) is 7.75. The van der Waals surface area contributed by atoms with Gasteiger partial charge in [0, 0.05) is 26.2 Å². The van der Waals surface area contributed by atoms with Gasteiger partial charge in [0.25, 0.3) is 0 Å². The molecule has 0 saturated carbocycles. The van der Waals surface area contributed by atoms with Crippen molar-refractivity contribution in [3.63, 3.8) is 0 Å². The van der Waals surface area contributed by atoms with Gasteiger partial charge in [-0.15, -0.1) is 0 Å². The third-order valence-electron chi connectivity index (χ3n) is 5.43. The van der Waals surface area contributed by atoms with Gasteiger partial charge in [0.1, 0.15) is 6.33 Å². The summed E-state index contributed by atoms with van der Waals surface area (Å²) in [6, 6.07) is 15.1. The first-order chi connectivity index (χ1) is 14.4. The fourth-order valence-corrected chi connectivity index (χ4v) is 5.27. The molecule has 0 unspecified atom stereocenters. The molecule has 0 radical (unpaired) electrons. The second kappa shape index (κ2) is 8.43. The van der Waals surface area contributed by atoms with Crippen molar-refractivity contribution in [1.82, 2.24) is 23.6 Å². The Hall–Kier alpha value is -2.33. The summed E-state index contributed by atoms with van der Waals surface area (Å²) in [5, 5.41) is 4.45. The van der Waals surface area contributed by atoms with Gasteiger partial charge < -0.3 is 0 Å².